The van der Waals surface area contributed by atoms with Crippen molar-refractivity contribution in [3.8, 4) is 23.0 Å². The molecule has 0 aliphatic carbocycles. The summed E-state index contributed by atoms with van der Waals surface area (Å²) in [6.07, 6.45) is 1.77. The number of rotatable bonds is 6. The molecule has 2 aromatic rings. The lowest BCUT2D eigenvalue weighted by molar-refractivity contribution is 0.266. The van der Waals surface area contributed by atoms with Crippen LogP contribution in [0.3, 0.4) is 0 Å². The molecule has 19 heavy (non-hydrogen) atoms. The van der Waals surface area contributed by atoms with Gasteiger partial charge in [-0.3, -0.25) is 4.98 Å². The standard InChI is InChI=1S/C13H15NO4S/c1-15-9-4-11(16-2)13(12(5-9)17-3)18-7-10-6-14-8-19-10/h4-6,8H,7H2,1-3H3. The van der Waals surface area contributed by atoms with Crippen LogP contribution in [0.4, 0.5) is 0 Å². The van der Waals surface area contributed by atoms with Crippen LogP contribution in [0.15, 0.2) is 23.8 Å². The maximum atomic E-state index is 5.76. The van der Waals surface area contributed by atoms with Crippen LogP contribution in [0.25, 0.3) is 0 Å². The molecule has 0 bridgehead atoms. The molecular formula is C13H15NO4S. The van der Waals surface area contributed by atoms with Crippen LogP contribution >= 0.6 is 11.3 Å². The van der Waals surface area contributed by atoms with Crippen molar-refractivity contribution >= 4 is 11.3 Å². The van der Waals surface area contributed by atoms with E-state index in [-0.39, 0.29) is 0 Å². The zero-order chi connectivity index (χ0) is 13.7. The van der Waals surface area contributed by atoms with Crippen molar-refractivity contribution in [1.82, 2.24) is 4.98 Å². The quantitative estimate of drug-likeness (QED) is 0.815. The fourth-order valence-electron chi connectivity index (χ4n) is 1.57. The van der Waals surface area contributed by atoms with Crippen LogP contribution in [-0.2, 0) is 6.61 Å². The Morgan fingerprint density at radius 1 is 1.05 bits per heavy atom. The monoisotopic (exact) mass is 281 g/mol. The van der Waals surface area contributed by atoms with Crippen LogP contribution in [-0.4, -0.2) is 26.3 Å². The molecule has 0 spiro atoms. The summed E-state index contributed by atoms with van der Waals surface area (Å²) in [4.78, 5) is 5.03. The van der Waals surface area contributed by atoms with Gasteiger partial charge in [-0.15, -0.1) is 11.3 Å². The average molecular weight is 281 g/mol. The van der Waals surface area contributed by atoms with Crippen LogP contribution < -0.4 is 18.9 Å². The number of hydrogen-bond donors (Lipinski definition) is 0. The van der Waals surface area contributed by atoms with Gasteiger partial charge < -0.3 is 18.9 Å². The van der Waals surface area contributed by atoms with E-state index in [9.17, 15) is 0 Å². The fourth-order valence-corrected chi connectivity index (χ4v) is 2.08. The SMILES string of the molecule is COc1cc(OC)c(OCc2cncs2)c(OC)c1. The predicted octanol–water partition coefficient (Wildman–Crippen LogP) is 2.75. The van der Waals surface area contributed by atoms with Crippen LogP contribution in [0.1, 0.15) is 4.88 Å². The molecule has 0 unspecified atom stereocenters. The first-order valence-corrected chi connectivity index (χ1v) is 6.46. The van der Waals surface area contributed by atoms with E-state index in [1.807, 2.05) is 0 Å². The van der Waals surface area contributed by atoms with Crippen molar-refractivity contribution in [3.63, 3.8) is 0 Å². The van der Waals surface area contributed by atoms with Gasteiger partial charge in [-0.1, -0.05) is 0 Å². The number of methoxy groups -OCH3 is 3. The van der Waals surface area contributed by atoms with Gasteiger partial charge in [0.2, 0.25) is 5.75 Å². The summed E-state index contributed by atoms with van der Waals surface area (Å²) in [5, 5.41) is 0. The lowest BCUT2D eigenvalue weighted by Crippen LogP contribution is -1.99. The summed E-state index contributed by atoms with van der Waals surface area (Å²) in [5.41, 5.74) is 1.77. The molecule has 1 heterocycles. The van der Waals surface area contributed by atoms with E-state index in [0.717, 1.165) is 4.88 Å². The number of ether oxygens (including phenoxy) is 4. The third-order valence-electron chi connectivity index (χ3n) is 2.51. The lowest BCUT2D eigenvalue weighted by atomic mass is 10.2. The first-order valence-electron chi connectivity index (χ1n) is 5.58. The van der Waals surface area contributed by atoms with Gasteiger partial charge in [0, 0.05) is 18.3 Å². The Morgan fingerprint density at radius 3 is 2.21 bits per heavy atom. The van der Waals surface area contributed by atoms with Crippen molar-refractivity contribution in [2.24, 2.45) is 0 Å². The molecule has 0 fully saturated rings. The smallest absolute Gasteiger partial charge is 0.204 e. The molecule has 6 heteroatoms. The molecule has 0 amide bonds. The minimum atomic E-state index is 0.420. The highest BCUT2D eigenvalue weighted by Crippen LogP contribution is 2.41. The van der Waals surface area contributed by atoms with Gasteiger partial charge in [-0.2, -0.15) is 0 Å². The molecule has 1 aromatic heterocycles. The van der Waals surface area contributed by atoms with Crippen molar-refractivity contribution in [2.75, 3.05) is 21.3 Å². The van der Waals surface area contributed by atoms with Crippen molar-refractivity contribution in [2.45, 2.75) is 6.61 Å². The Balaban J connectivity index is 2.26. The highest BCUT2D eigenvalue weighted by Gasteiger charge is 2.15. The largest absolute Gasteiger partial charge is 0.496 e. The molecule has 0 aliphatic rings. The first kappa shape index (κ1) is 13.5. The molecule has 0 aliphatic heterocycles. The normalized spacial score (nSPS) is 10.1. The average Bonchev–Trinajstić information content (AvgIpc) is 2.97. The Kier molecular flexibility index (Phi) is 4.46. The van der Waals surface area contributed by atoms with Crippen LogP contribution in [0, 0.1) is 0 Å². The highest BCUT2D eigenvalue weighted by atomic mass is 32.1. The van der Waals surface area contributed by atoms with Crippen LogP contribution in [0.2, 0.25) is 0 Å². The maximum Gasteiger partial charge on any atom is 0.204 e. The Morgan fingerprint density at radius 2 is 1.74 bits per heavy atom. The Bertz CT molecular complexity index is 502. The number of thiazole rings is 1. The van der Waals surface area contributed by atoms with Gasteiger partial charge in [0.15, 0.2) is 11.5 Å². The second kappa shape index (κ2) is 6.29. The van der Waals surface area contributed by atoms with Crippen LogP contribution in [0.5, 0.6) is 23.0 Å². The summed E-state index contributed by atoms with van der Waals surface area (Å²) >= 11 is 1.53. The minimum absolute atomic E-state index is 0.420. The van der Waals surface area contributed by atoms with E-state index >= 15 is 0 Å². The van der Waals surface area contributed by atoms with Gasteiger partial charge in [0.25, 0.3) is 0 Å². The Hall–Kier alpha value is -1.95. The molecular weight excluding hydrogens is 266 g/mol. The molecule has 0 atom stereocenters. The number of benzene rings is 1. The molecule has 0 saturated carbocycles. The van der Waals surface area contributed by atoms with Gasteiger partial charge in [0.05, 0.1) is 31.7 Å². The highest BCUT2D eigenvalue weighted by molar-refractivity contribution is 7.09. The second-order valence-electron chi connectivity index (χ2n) is 3.62. The van der Waals surface area contributed by atoms with Crippen molar-refractivity contribution < 1.29 is 18.9 Å². The molecule has 0 saturated heterocycles. The summed E-state index contributed by atoms with van der Waals surface area (Å²) in [5.74, 6) is 2.35. The number of nitrogens with zero attached hydrogens (tertiary/aromatic N) is 1. The first-order chi connectivity index (χ1) is 9.28. The fraction of sp³-hybridized carbons (Fsp3) is 0.308. The summed E-state index contributed by atoms with van der Waals surface area (Å²) in [6, 6.07) is 3.51. The lowest BCUT2D eigenvalue weighted by Gasteiger charge is -2.15. The zero-order valence-electron chi connectivity index (χ0n) is 11.0. The number of hydrogen-bond acceptors (Lipinski definition) is 6. The summed E-state index contributed by atoms with van der Waals surface area (Å²) in [6.45, 7) is 0.420. The van der Waals surface area contributed by atoms with E-state index in [1.165, 1.54) is 11.3 Å². The van der Waals surface area contributed by atoms with E-state index < -0.39 is 0 Å². The summed E-state index contributed by atoms with van der Waals surface area (Å²) < 4.78 is 21.5. The Labute approximate surface area is 115 Å². The minimum Gasteiger partial charge on any atom is -0.496 e. The van der Waals surface area contributed by atoms with Gasteiger partial charge in [-0.25, -0.2) is 0 Å². The molecule has 102 valence electrons. The van der Waals surface area contributed by atoms with E-state index in [4.69, 9.17) is 18.9 Å². The molecule has 2 rings (SSSR count). The molecule has 5 nitrogen and oxygen atoms in total. The van der Waals surface area contributed by atoms with Gasteiger partial charge in [0.1, 0.15) is 12.4 Å². The molecule has 1 aromatic carbocycles. The topological polar surface area (TPSA) is 49.8 Å². The molecule has 0 N–H and O–H groups in total. The van der Waals surface area contributed by atoms with E-state index in [1.54, 1.807) is 45.2 Å². The number of aromatic nitrogens is 1. The van der Waals surface area contributed by atoms with Crippen molar-refractivity contribution in [3.05, 3.63) is 28.7 Å². The summed E-state index contributed by atoms with van der Waals surface area (Å²) in [7, 11) is 4.74. The van der Waals surface area contributed by atoms with E-state index in [0.29, 0.717) is 29.6 Å². The maximum absolute atomic E-state index is 5.76. The van der Waals surface area contributed by atoms with Gasteiger partial charge >= 0.3 is 0 Å². The van der Waals surface area contributed by atoms with Gasteiger partial charge in [-0.05, 0) is 0 Å². The molecule has 0 radical (unpaired) electrons. The third kappa shape index (κ3) is 3.08. The predicted molar refractivity (Wildman–Crippen MR) is 72.5 cm³/mol. The second-order valence-corrected chi connectivity index (χ2v) is 4.59. The third-order valence-corrected chi connectivity index (χ3v) is 3.27. The van der Waals surface area contributed by atoms with E-state index in [2.05, 4.69) is 4.98 Å². The zero-order valence-corrected chi connectivity index (χ0v) is 11.8. The van der Waals surface area contributed by atoms with Crippen molar-refractivity contribution in [1.29, 1.82) is 0 Å².